The van der Waals surface area contributed by atoms with Gasteiger partial charge < -0.3 is 4.90 Å². The third-order valence-electron chi connectivity index (χ3n) is 4.30. The van der Waals surface area contributed by atoms with Crippen LogP contribution >= 0.6 is 0 Å². The molecule has 1 nitrogen and oxygen atoms in total. The maximum Gasteiger partial charge on any atom is -0.00156 e. The van der Waals surface area contributed by atoms with Gasteiger partial charge >= 0.3 is 0 Å². The Hall–Kier alpha value is -1.08. The molecule has 1 aromatic carbocycles. The summed E-state index contributed by atoms with van der Waals surface area (Å²) in [6.07, 6.45) is 10.4. The van der Waals surface area contributed by atoms with Crippen LogP contribution in [0.25, 0.3) is 5.57 Å². The zero-order valence-electron chi connectivity index (χ0n) is 11.2. The lowest BCUT2D eigenvalue weighted by molar-refractivity contribution is 0.227. The smallest absolute Gasteiger partial charge is 0.00156 e. The van der Waals surface area contributed by atoms with Gasteiger partial charge in [-0.1, -0.05) is 36.8 Å². The van der Waals surface area contributed by atoms with Gasteiger partial charge in [0.15, 0.2) is 0 Å². The summed E-state index contributed by atoms with van der Waals surface area (Å²) in [5.74, 6) is 0. The predicted octanol–water partition coefficient (Wildman–Crippen LogP) is 3.89. The van der Waals surface area contributed by atoms with Crippen molar-refractivity contribution in [3.05, 3.63) is 41.5 Å². The molecule has 0 N–H and O–H groups in total. The van der Waals surface area contributed by atoms with Gasteiger partial charge in [0.2, 0.25) is 0 Å². The first-order chi connectivity index (χ1) is 8.93. The summed E-state index contributed by atoms with van der Waals surface area (Å²) in [5, 5.41) is 0. The maximum atomic E-state index is 2.64. The Morgan fingerprint density at radius 2 is 1.83 bits per heavy atom. The minimum absolute atomic E-state index is 1.15. The molecule has 0 amide bonds. The molecule has 18 heavy (non-hydrogen) atoms. The quantitative estimate of drug-likeness (QED) is 0.773. The molecule has 0 atom stereocenters. The van der Waals surface area contributed by atoms with Gasteiger partial charge in [0.05, 0.1) is 0 Å². The van der Waals surface area contributed by atoms with Crippen molar-refractivity contribution in [3.8, 4) is 0 Å². The van der Waals surface area contributed by atoms with E-state index in [-0.39, 0.29) is 0 Å². The van der Waals surface area contributed by atoms with Gasteiger partial charge in [0.25, 0.3) is 0 Å². The monoisotopic (exact) mass is 241 g/mol. The van der Waals surface area contributed by atoms with Gasteiger partial charge in [-0.05, 0) is 68.4 Å². The summed E-state index contributed by atoms with van der Waals surface area (Å²) in [4.78, 5) is 2.64. The Labute approximate surface area is 111 Å². The van der Waals surface area contributed by atoms with E-state index < -0.39 is 0 Å². The van der Waals surface area contributed by atoms with Crippen molar-refractivity contribution in [3.63, 3.8) is 0 Å². The van der Waals surface area contributed by atoms with Gasteiger partial charge in [-0.3, -0.25) is 0 Å². The molecule has 1 heteroatoms. The third-order valence-corrected chi connectivity index (χ3v) is 4.30. The number of fused-ring (bicyclic) bond motifs is 1. The summed E-state index contributed by atoms with van der Waals surface area (Å²) in [7, 11) is 0. The van der Waals surface area contributed by atoms with Crippen molar-refractivity contribution in [2.24, 2.45) is 0 Å². The Kier molecular flexibility index (Phi) is 3.80. The summed E-state index contributed by atoms with van der Waals surface area (Å²) in [5.41, 5.74) is 4.62. The van der Waals surface area contributed by atoms with Gasteiger partial charge in [-0.15, -0.1) is 0 Å². The van der Waals surface area contributed by atoms with E-state index in [4.69, 9.17) is 0 Å². The second-order valence-electron chi connectivity index (χ2n) is 5.60. The van der Waals surface area contributed by atoms with E-state index in [1.54, 1.807) is 5.57 Å². The molecule has 0 saturated carbocycles. The van der Waals surface area contributed by atoms with Gasteiger partial charge in [-0.25, -0.2) is 0 Å². The third kappa shape index (κ3) is 2.67. The molecule has 1 heterocycles. The second-order valence-corrected chi connectivity index (χ2v) is 5.60. The normalized spacial score (nSPS) is 19.7. The standard InChI is InChI=1S/C17H23N/c1-4-12-18(13-5-1)14-6-8-16-11-10-15-7-2-3-9-17(15)16/h2-3,7,9,11H,1,4-6,8,10,12-14H2. The average Bonchev–Trinajstić information content (AvgIpc) is 2.84. The fraction of sp³-hybridized carbons (Fsp3) is 0.529. The van der Waals surface area contributed by atoms with Crippen molar-refractivity contribution in [1.29, 1.82) is 0 Å². The fourth-order valence-corrected chi connectivity index (χ4v) is 3.27. The first-order valence-electron chi connectivity index (χ1n) is 7.43. The summed E-state index contributed by atoms with van der Waals surface area (Å²) in [6, 6.07) is 8.88. The molecule has 0 spiro atoms. The van der Waals surface area contributed by atoms with E-state index >= 15 is 0 Å². The number of benzene rings is 1. The predicted molar refractivity (Wildman–Crippen MR) is 77.6 cm³/mol. The van der Waals surface area contributed by atoms with Gasteiger partial charge in [0, 0.05) is 0 Å². The van der Waals surface area contributed by atoms with Gasteiger partial charge in [0.1, 0.15) is 0 Å². The Morgan fingerprint density at radius 1 is 1.00 bits per heavy atom. The number of rotatable bonds is 4. The average molecular weight is 241 g/mol. The summed E-state index contributed by atoms with van der Waals surface area (Å²) >= 11 is 0. The minimum Gasteiger partial charge on any atom is -0.303 e. The van der Waals surface area contributed by atoms with E-state index in [1.807, 2.05) is 0 Å². The maximum absolute atomic E-state index is 2.64. The van der Waals surface area contributed by atoms with Crippen LogP contribution in [0, 0.1) is 0 Å². The SMILES string of the molecule is C1=C(CCCN2CCCCC2)c2ccccc2C1. The molecule has 0 aromatic heterocycles. The van der Waals surface area contributed by atoms with Crippen molar-refractivity contribution in [1.82, 2.24) is 4.90 Å². The van der Waals surface area contributed by atoms with Crippen LogP contribution in [0.3, 0.4) is 0 Å². The molecule has 1 aliphatic heterocycles. The van der Waals surface area contributed by atoms with E-state index in [9.17, 15) is 0 Å². The zero-order valence-corrected chi connectivity index (χ0v) is 11.2. The number of likely N-dealkylation sites (tertiary alicyclic amines) is 1. The Balaban J connectivity index is 1.49. The van der Waals surface area contributed by atoms with E-state index in [2.05, 4.69) is 35.2 Å². The molecule has 2 aliphatic rings. The zero-order chi connectivity index (χ0) is 12.2. The molecular formula is C17H23N. The van der Waals surface area contributed by atoms with Crippen LogP contribution in [0.2, 0.25) is 0 Å². The van der Waals surface area contributed by atoms with Crippen molar-refractivity contribution < 1.29 is 0 Å². The lowest BCUT2D eigenvalue weighted by Gasteiger charge is -2.26. The largest absolute Gasteiger partial charge is 0.303 e. The highest BCUT2D eigenvalue weighted by molar-refractivity contribution is 5.72. The summed E-state index contributed by atoms with van der Waals surface area (Å²) < 4.78 is 0. The molecule has 0 radical (unpaired) electrons. The number of hydrogen-bond donors (Lipinski definition) is 0. The van der Waals surface area contributed by atoms with Crippen LogP contribution in [-0.2, 0) is 6.42 Å². The summed E-state index contributed by atoms with van der Waals surface area (Å²) in [6.45, 7) is 3.95. The lowest BCUT2D eigenvalue weighted by Crippen LogP contribution is -2.30. The fourth-order valence-electron chi connectivity index (χ4n) is 3.27. The molecular weight excluding hydrogens is 218 g/mol. The van der Waals surface area contributed by atoms with Crippen molar-refractivity contribution in [2.45, 2.75) is 38.5 Å². The molecule has 1 aliphatic carbocycles. The van der Waals surface area contributed by atoms with E-state index in [0.29, 0.717) is 0 Å². The molecule has 0 unspecified atom stereocenters. The first-order valence-corrected chi connectivity index (χ1v) is 7.43. The van der Waals surface area contributed by atoms with Crippen LogP contribution in [0.5, 0.6) is 0 Å². The molecule has 0 bridgehead atoms. The lowest BCUT2D eigenvalue weighted by atomic mass is 10.0. The van der Waals surface area contributed by atoms with Crippen LogP contribution in [0.1, 0.15) is 43.2 Å². The molecule has 3 rings (SSSR count). The topological polar surface area (TPSA) is 3.24 Å². The van der Waals surface area contributed by atoms with Crippen LogP contribution in [-0.4, -0.2) is 24.5 Å². The highest BCUT2D eigenvalue weighted by Gasteiger charge is 2.14. The van der Waals surface area contributed by atoms with Crippen molar-refractivity contribution in [2.75, 3.05) is 19.6 Å². The van der Waals surface area contributed by atoms with Crippen LogP contribution in [0.4, 0.5) is 0 Å². The molecule has 1 fully saturated rings. The molecule has 1 aromatic rings. The number of nitrogens with zero attached hydrogens (tertiary/aromatic N) is 1. The highest BCUT2D eigenvalue weighted by Crippen LogP contribution is 2.30. The van der Waals surface area contributed by atoms with E-state index in [0.717, 1.165) is 6.42 Å². The molecule has 1 saturated heterocycles. The number of allylic oxidation sites excluding steroid dienone is 2. The minimum atomic E-state index is 1.15. The molecule has 96 valence electrons. The Morgan fingerprint density at radius 3 is 2.72 bits per heavy atom. The second kappa shape index (κ2) is 5.71. The number of piperidine rings is 1. The Bertz CT molecular complexity index is 427. The van der Waals surface area contributed by atoms with Crippen molar-refractivity contribution >= 4 is 5.57 Å². The van der Waals surface area contributed by atoms with Crippen LogP contribution in [0.15, 0.2) is 30.3 Å². The highest BCUT2D eigenvalue weighted by atomic mass is 15.1. The van der Waals surface area contributed by atoms with Gasteiger partial charge in [-0.2, -0.15) is 0 Å². The van der Waals surface area contributed by atoms with E-state index in [1.165, 1.54) is 62.9 Å². The van der Waals surface area contributed by atoms with Crippen LogP contribution < -0.4 is 0 Å². The first kappa shape index (κ1) is 12.0. The number of hydrogen-bond acceptors (Lipinski definition) is 1.